The van der Waals surface area contributed by atoms with E-state index in [2.05, 4.69) is 27.6 Å². The van der Waals surface area contributed by atoms with Crippen LogP contribution in [0.4, 0.5) is 4.79 Å². The van der Waals surface area contributed by atoms with E-state index >= 15 is 0 Å². The van der Waals surface area contributed by atoms with Crippen molar-refractivity contribution in [3.05, 3.63) is 36.0 Å². The van der Waals surface area contributed by atoms with Crippen LogP contribution in [0.2, 0.25) is 0 Å². The summed E-state index contributed by atoms with van der Waals surface area (Å²) in [6.45, 7) is 5.27. The summed E-state index contributed by atoms with van der Waals surface area (Å²) in [6.07, 6.45) is 1.09. The number of nitrogens with one attached hydrogen (secondary N) is 3. The summed E-state index contributed by atoms with van der Waals surface area (Å²) in [5.74, 6) is 2.51. The Morgan fingerprint density at radius 3 is 2.67 bits per heavy atom. The molecule has 0 saturated carbocycles. The van der Waals surface area contributed by atoms with E-state index in [4.69, 9.17) is 5.73 Å². The Labute approximate surface area is 140 Å². The van der Waals surface area contributed by atoms with E-state index in [9.17, 15) is 9.59 Å². The maximum Gasteiger partial charge on any atom is 0.314 e. The zero-order chi connectivity index (χ0) is 17.5. The van der Waals surface area contributed by atoms with Gasteiger partial charge in [0.15, 0.2) is 0 Å². The van der Waals surface area contributed by atoms with Crippen LogP contribution in [0.15, 0.2) is 30.5 Å². The molecule has 126 valence electrons. The van der Waals surface area contributed by atoms with Gasteiger partial charge in [-0.05, 0) is 25.1 Å². The molecular formula is C17H21N5O2. The zero-order valence-electron chi connectivity index (χ0n) is 13.7. The number of hydrogen-bond acceptors (Lipinski definition) is 3. The van der Waals surface area contributed by atoms with Crippen LogP contribution in [0.1, 0.15) is 24.2 Å². The van der Waals surface area contributed by atoms with E-state index in [1.807, 2.05) is 43.0 Å². The number of primary amides is 1. The first-order valence-electron chi connectivity index (χ1n) is 7.73. The van der Waals surface area contributed by atoms with Crippen LogP contribution >= 0.6 is 0 Å². The Kier molecular flexibility index (Phi) is 5.82. The molecule has 0 aliphatic rings. The molecule has 7 nitrogen and oxygen atoms in total. The molecule has 0 radical (unpaired) electrons. The van der Waals surface area contributed by atoms with E-state index in [-0.39, 0.29) is 5.91 Å². The van der Waals surface area contributed by atoms with Crippen molar-refractivity contribution >= 4 is 22.8 Å². The topological polar surface area (TPSA) is 103 Å². The molecule has 1 aromatic heterocycles. The highest BCUT2D eigenvalue weighted by Gasteiger charge is 2.14. The lowest BCUT2D eigenvalue weighted by Crippen LogP contribution is -2.49. The van der Waals surface area contributed by atoms with Crippen molar-refractivity contribution in [3.8, 4) is 12.0 Å². The normalized spacial score (nSPS) is 11.6. The van der Waals surface area contributed by atoms with Gasteiger partial charge < -0.3 is 16.0 Å². The van der Waals surface area contributed by atoms with Gasteiger partial charge in [-0.25, -0.2) is 4.79 Å². The van der Waals surface area contributed by atoms with Gasteiger partial charge in [0.05, 0.1) is 5.56 Å². The average molecular weight is 327 g/mol. The molecular weight excluding hydrogens is 306 g/mol. The highest BCUT2D eigenvalue weighted by atomic mass is 16.2. The molecule has 1 unspecified atom stereocenters. The molecule has 2 rings (SSSR count). The third kappa shape index (κ3) is 4.06. The number of fused-ring (bicyclic) bond motifs is 1. The van der Waals surface area contributed by atoms with Gasteiger partial charge >= 0.3 is 6.03 Å². The summed E-state index contributed by atoms with van der Waals surface area (Å²) in [7, 11) is 0. The molecule has 5 N–H and O–H groups in total. The lowest BCUT2D eigenvalue weighted by Gasteiger charge is -2.25. The van der Waals surface area contributed by atoms with Gasteiger partial charge in [-0.3, -0.25) is 15.0 Å². The second-order valence-corrected chi connectivity index (χ2v) is 5.10. The summed E-state index contributed by atoms with van der Waals surface area (Å²) in [6, 6.07) is 9.47. The fourth-order valence-corrected chi connectivity index (χ4v) is 2.43. The van der Waals surface area contributed by atoms with E-state index in [1.54, 1.807) is 6.20 Å². The van der Waals surface area contributed by atoms with Crippen LogP contribution < -0.4 is 16.4 Å². The summed E-state index contributed by atoms with van der Waals surface area (Å²) in [5, 5.41) is 5.93. The van der Waals surface area contributed by atoms with Crippen molar-refractivity contribution in [2.24, 2.45) is 5.73 Å². The van der Waals surface area contributed by atoms with E-state index in [0.717, 1.165) is 10.9 Å². The van der Waals surface area contributed by atoms with Crippen LogP contribution in [-0.4, -0.2) is 41.1 Å². The number of amides is 3. The van der Waals surface area contributed by atoms with E-state index in [1.165, 1.54) is 0 Å². The largest absolute Gasteiger partial charge is 0.360 e. The lowest BCUT2D eigenvalue weighted by atomic mass is 10.1. The first kappa shape index (κ1) is 17.4. The fourth-order valence-electron chi connectivity index (χ4n) is 2.43. The number of nitrogens with zero attached hydrogens (tertiary/aromatic N) is 1. The number of carbonyl (C=O) groups excluding carboxylic acids is 2. The number of benzene rings is 1. The first-order chi connectivity index (χ1) is 11.6. The number of H-pyrrole nitrogens is 1. The SMILES string of the molecule is CCN(CC)C(C#CNC(=O)c1c[nH]c2ccccc12)NC(N)=O. The highest BCUT2D eigenvalue weighted by Crippen LogP contribution is 2.17. The minimum Gasteiger partial charge on any atom is -0.360 e. The summed E-state index contributed by atoms with van der Waals surface area (Å²) < 4.78 is 0. The first-order valence-corrected chi connectivity index (χ1v) is 7.73. The van der Waals surface area contributed by atoms with Crippen molar-refractivity contribution in [3.63, 3.8) is 0 Å². The van der Waals surface area contributed by atoms with Gasteiger partial charge in [0, 0.05) is 23.1 Å². The third-order valence-corrected chi connectivity index (χ3v) is 3.68. The Balaban J connectivity index is 2.12. The molecule has 0 spiro atoms. The molecule has 0 bridgehead atoms. The van der Waals surface area contributed by atoms with Crippen molar-refractivity contribution in [1.82, 2.24) is 20.5 Å². The molecule has 3 amide bonds. The van der Waals surface area contributed by atoms with Crippen molar-refractivity contribution < 1.29 is 9.59 Å². The van der Waals surface area contributed by atoms with Gasteiger partial charge in [-0.2, -0.15) is 0 Å². The number of hydrogen-bond donors (Lipinski definition) is 4. The number of rotatable bonds is 5. The second-order valence-electron chi connectivity index (χ2n) is 5.10. The van der Waals surface area contributed by atoms with E-state index < -0.39 is 12.2 Å². The minimum atomic E-state index is -0.663. The second kappa shape index (κ2) is 8.04. The zero-order valence-corrected chi connectivity index (χ0v) is 13.7. The van der Waals surface area contributed by atoms with E-state index in [0.29, 0.717) is 18.7 Å². The Morgan fingerprint density at radius 1 is 1.29 bits per heavy atom. The molecule has 0 saturated heterocycles. The number of para-hydroxylation sites is 1. The molecule has 0 aliphatic carbocycles. The van der Waals surface area contributed by atoms with Crippen molar-refractivity contribution in [1.29, 1.82) is 0 Å². The van der Waals surface area contributed by atoms with Crippen molar-refractivity contribution in [2.75, 3.05) is 13.1 Å². The molecule has 7 heteroatoms. The van der Waals surface area contributed by atoms with Crippen molar-refractivity contribution in [2.45, 2.75) is 20.0 Å². The standard InChI is InChI=1S/C17H21N5O2/c1-3-22(4-2)15(21-17(18)24)9-10-19-16(23)13-11-20-14-8-6-5-7-12(13)14/h5-8,11,15,20H,3-4H2,1-2H3,(H,19,23)(H3,18,21,24). The van der Waals surface area contributed by atoms with Crippen LogP contribution in [0, 0.1) is 12.0 Å². The quantitative estimate of drug-likeness (QED) is 0.377. The van der Waals surface area contributed by atoms with Gasteiger partial charge in [0.2, 0.25) is 0 Å². The maximum absolute atomic E-state index is 12.3. The number of nitrogens with two attached hydrogens (primary N) is 1. The summed E-state index contributed by atoms with van der Waals surface area (Å²) in [5.41, 5.74) is 6.57. The molecule has 1 aromatic carbocycles. The maximum atomic E-state index is 12.3. The Hall–Kier alpha value is -2.98. The fraction of sp³-hybridized carbons (Fsp3) is 0.294. The number of urea groups is 1. The molecule has 24 heavy (non-hydrogen) atoms. The molecule has 2 aromatic rings. The van der Waals surface area contributed by atoms with Crippen LogP contribution in [-0.2, 0) is 0 Å². The molecule has 1 heterocycles. The Bertz CT molecular complexity index is 783. The number of carbonyl (C=O) groups is 2. The van der Waals surface area contributed by atoms with Crippen LogP contribution in [0.3, 0.4) is 0 Å². The molecule has 0 fully saturated rings. The third-order valence-electron chi connectivity index (χ3n) is 3.68. The van der Waals surface area contributed by atoms with Crippen LogP contribution in [0.5, 0.6) is 0 Å². The van der Waals surface area contributed by atoms with Crippen LogP contribution in [0.25, 0.3) is 10.9 Å². The van der Waals surface area contributed by atoms with Gasteiger partial charge in [-0.1, -0.05) is 32.0 Å². The average Bonchev–Trinajstić information content (AvgIpc) is 2.99. The summed E-state index contributed by atoms with van der Waals surface area (Å²) in [4.78, 5) is 28.3. The number of aromatic amines is 1. The predicted molar refractivity (Wildman–Crippen MR) is 93.0 cm³/mol. The monoisotopic (exact) mass is 327 g/mol. The summed E-state index contributed by atoms with van der Waals surface area (Å²) >= 11 is 0. The van der Waals surface area contributed by atoms with Gasteiger partial charge in [0.1, 0.15) is 6.17 Å². The molecule has 0 aliphatic heterocycles. The number of aromatic nitrogens is 1. The highest BCUT2D eigenvalue weighted by molar-refractivity contribution is 6.07. The van der Waals surface area contributed by atoms with Gasteiger partial charge in [0.25, 0.3) is 5.91 Å². The predicted octanol–water partition coefficient (Wildman–Crippen LogP) is 1.19. The smallest absolute Gasteiger partial charge is 0.314 e. The Morgan fingerprint density at radius 2 is 2.00 bits per heavy atom. The lowest BCUT2D eigenvalue weighted by molar-refractivity contribution is 0.0975. The minimum absolute atomic E-state index is 0.308. The van der Waals surface area contributed by atoms with Gasteiger partial charge in [-0.15, -0.1) is 0 Å². The molecule has 1 atom stereocenters.